The maximum absolute atomic E-state index is 4.74. The maximum atomic E-state index is 4.74. The summed E-state index contributed by atoms with van der Waals surface area (Å²) in [5.74, 6) is 0.777. The van der Waals surface area contributed by atoms with Gasteiger partial charge in [-0.1, -0.05) is 24.3 Å². The Morgan fingerprint density at radius 3 is 1.86 bits per heavy atom. The first-order valence-electron chi connectivity index (χ1n) is 7.53. The highest BCUT2D eigenvalue weighted by atomic mass is 14.9. The van der Waals surface area contributed by atoms with Gasteiger partial charge in [-0.2, -0.15) is 0 Å². The summed E-state index contributed by atoms with van der Waals surface area (Å²) in [4.78, 5) is 9.18. The maximum Gasteiger partial charge on any atom is 0.159 e. The zero-order valence-corrected chi connectivity index (χ0v) is 13.5. The number of rotatable bonds is 2. The predicted molar refractivity (Wildman–Crippen MR) is 91.9 cm³/mol. The summed E-state index contributed by atoms with van der Waals surface area (Å²) in [6.07, 6.45) is 1.84. The van der Waals surface area contributed by atoms with Gasteiger partial charge in [0.1, 0.15) is 0 Å². The molecule has 22 heavy (non-hydrogen) atoms. The van der Waals surface area contributed by atoms with E-state index in [-0.39, 0.29) is 0 Å². The van der Waals surface area contributed by atoms with Gasteiger partial charge < -0.3 is 0 Å². The molecule has 0 aliphatic carbocycles. The average Bonchev–Trinajstić information content (AvgIpc) is 2.53. The summed E-state index contributed by atoms with van der Waals surface area (Å²) in [5, 5.41) is 0. The van der Waals surface area contributed by atoms with E-state index in [1.54, 1.807) is 0 Å². The van der Waals surface area contributed by atoms with E-state index in [0.29, 0.717) is 0 Å². The summed E-state index contributed by atoms with van der Waals surface area (Å²) in [5.41, 5.74) is 8.29. The lowest BCUT2D eigenvalue weighted by Gasteiger charge is -2.08. The van der Waals surface area contributed by atoms with Crippen LogP contribution in [0.2, 0.25) is 0 Å². The fourth-order valence-corrected chi connectivity index (χ4v) is 2.44. The van der Waals surface area contributed by atoms with E-state index >= 15 is 0 Å². The van der Waals surface area contributed by atoms with Crippen molar-refractivity contribution in [2.45, 2.75) is 27.7 Å². The van der Waals surface area contributed by atoms with Crippen molar-refractivity contribution >= 4 is 0 Å². The lowest BCUT2D eigenvalue weighted by Crippen LogP contribution is -1.93. The molecule has 0 saturated heterocycles. The van der Waals surface area contributed by atoms with Crippen molar-refractivity contribution in [2.75, 3.05) is 0 Å². The van der Waals surface area contributed by atoms with Gasteiger partial charge in [-0.3, -0.25) is 0 Å². The molecule has 2 aromatic carbocycles. The summed E-state index contributed by atoms with van der Waals surface area (Å²) in [7, 11) is 0. The van der Waals surface area contributed by atoms with Crippen molar-refractivity contribution in [2.24, 2.45) is 0 Å². The van der Waals surface area contributed by atoms with Gasteiger partial charge in [0.05, 0.1) is 5.69 Å². The fraction of sp³-hybridized carbons (Fsp3) is 0.200. The first-order chi connectivity index (χ1) is 10.5. The minimum absolute atomic E-state index is 0.777. The number of aromatic nitrogens is 2. The molecule has 2 heteroatoms. The van der Waals surface area contributed by atoms with E-state index in [4.69, 9.17) is 4.98 Å². The van der Waals surface area contributed by atoms with Crippen LogP contribution in [0.4, 0.5) is 0 Å². The summed E-state index contributed by atoms with van der Waals surface area (Å²) in [6, 6.07) is 14.8. The Hall–Kier alpha value is -2.48. The second-order valence-electron chi connectivity index (χ2n) is 5.86. The number of hydrogen-bond donors (Lipinski definition) is 0. The Balaban J connectivity index is 2.05. The number of benzene rings is 2. The summed E-state index contributed by atoms with van der Waals surface area (Å²) >= 11 is 0. The number of nitrogens with zero attached hydrogens (tertiary/aromatic N) is 2. The Kier molecular flexibility index (Phi) is 3.76. The molecule has 0 aliphatic heterocycles. The first-order valence-corrected chi connectivity index (χ1v) is 7.53. The molecule has 0 amide bonds. The quantitative estimate of drug-likeness (QED) is 0.660. The minimum atomic E-state index is 0.777. The van der Waals surface area contributed by atoms with E-state index in [9.17, 15) is 0 Å². The molecule has 0 aliphatic rings. The number of hydrogen-bond acceptors (Lipinski definition) is 2. The Labute approximate surface area is 131 Å². The standard InChI is InChI=1S/C20H20N2/c1-13-5-7-17(11-15(13)3)19-9-10-21-20(22-19)18-8-6-14(2)16(4)12-18/h5-12H,1-4H3. The van der Waals surface area contributed by atoms with Crippen molar-refractivity contribution in [3.63, 3.8) is 0 Å². The largest absolute Gasteiger partial charge is 0.237 e. The molecule has 0 atom stereocenters. The smallest absolute Gasteiger partial charge is 0.159 e. The molecule has 1 aromatic heterocycles. The van der Waals surface area contributed by atoms with Gasteiger partial charge in [-0.05, 0) is 68.1 Å². The normalized spacial score (nSPS) is 10.7. The predicted octanol–water partition coefficient (Wildman–Crippen LogP) is 5.04. The molecule has 0 bridgehead atoms. The van der Waals surface area contributed by atoms with Gasteiger partial charge >= 0.3 is 0 Å². The van der Waals surface area contributed by atoms with E-state index in [1.165, 1.54) is 22.3 Å². The van der Waals surface area contributed by atoms with Gasteiger partial charge in [0, 0.05) is 17.3 Å². The van der Waals surface area contributed by atoms with Gasteiger partial charge in [-0.25, -0.2) is 9.97 Å². The fourth-order valence-electron chi connectivity index (χ4n) is 2.44. The molecular weight excluding hydrogens is 268 g/mol. The Morgan fingerprint density at radius 1 is 0.636 bits per heavy atom. The van der Waals surface area contributed by atoms with Crippen molar-refractivity contribution < 1.29 is 0 Å². The zero-order valence-electron chi connectivity index (χ0n) is 13.5. The van der Waals surface area contributed by atoms with E-state index in [0.717, 1.165) is 22.6 Å². The lowest BCUT2D eigenvalue weighted by atomic mass is 10.0. The topological polar surface area (TPSA) is 25.8 Å². The van der Waals surface area contributed by atoms with Crippen LogP contribution in [-0.4, -0.2) is 9.97 Å². The lowest BCUT2D eigenvalue weighted by molar-refractivity contribution is 1.17. The van der Waals surface area contributed by atoms with Gasteiger partial charge in [0.25, 0.3) is 0 Å². The van der Waals surface area contributed by atoms with Crippen LogP contribution >= 0.6 is 0 Å². The van der Waals surface area contributed by atoms with Crippen molar-refractivity contribution in [3.8, 4) is 22.6 Å². The van der Waals surface area contributed by atoms with Crippen LogP contribution in [0.1, 0.15) is 22.3 Å². The third-order valence-corrected chi connectivity index (χ3v) is 4.22. The molecule has 2 nitrogen and oxygen atoms in total. The monoisotopic (exact) mass is 288 g/mol. The van der Waals surface area contributed by atoms with E-state index < -0.39 is 0 Å². The zero-order chi connectivity index (χ0) is 15.7. The van der Waals surface area contributed by atoms with Gasteiger partial charge in [0.2, 0.25) is 0 Å². The van der Waals surface area contributed by atoms with Crippen LogP contribution in [0.25, 0.3) is 22.6 Å². The molecule has 0 fully saturated rings. The average molecular weight is 288 g/mol. The van der Waals surface area contributed by atoms with E-state index in [1.807, 2.05) is 12.3 Å². The van der Waals surface area contributed by atoms with E-state index in [2.05, 4.69) is 69.1 Å². The SMILES string of the molecule is Cc1ccc(-c2ccnc(-c3ccc(C)c(C)c3)n2)cc1C. The van der Waals surface area contributed by atoms with Crippen LogP contribution in [0.15, 0.2) is 48.7 Å². The molecule has 110 valence electrons. The molecule has 0 radical (unpaired) electrons. The molecule has 0 spiro atoms. The third-order valence-electron chi connectivity index (χ3n) is 4.22. The molecule has 0 N–H and O–H groups in total. The number of aryl methyl sites for hydroxylation is 4. The second kappa shape index (κ2) is 5.72. The van der Waals surface area contributed by atoms with Gasteiger partial charge in [-0.15, -0.1) is 0 Å². The molecule has 3 aromatic rings. The molecule has 0 unspecified atom stereocenters. The van der Waals surface area contributed by atoms with Crippen LogP contribution in [0.5, 0.6) is 0 Å². The van der Waals surface area contributed by atoms with Crippen molar-refractivity contribution in [1.29, 1.82) is 0 Å². The highest BCUT2D eigenvalue weighted by Crippen LogP contribution is 2.24. The Bertz CT molecular complexity index is 768. The molecule has 3 rings (SSSR count). The molecule has 0 saturated carbocycles. The Morgan fingerprint density at radius 2 is 1.23 bits per heavy atom. The van der Waals surface area contributed by atoms with Crippen LogP contribution < -0.4 is 0 Å². The first kappa shape index (κ1) is 14.5. The minimum Gasteiger partial charge on any atom is -0.237 e. The van der Waals surface area contributed by atoms with Gasteiger partial charge in [0.15, 0.2) is 5.82 Å². The third kappa shape index (κ3) is 2.77. The molecular formula is C20H20N2. The van der Waals surface area contributed by atoms with Crippen LogP contribution in [0.3, 0.4) is 0 Å². The highest BCUT2D eigenvalue weighted by molar-refractivity contribution is 5.65. The summed E-state index contributed by atoms with van der Waals surface area (Å²) < 4.78 is 0. The van der Waals surface area contributed by atoms with Crippen molar-refractivity contribution in [1.82, 2.24) is 9.97 Å². The van der Waals surface area contributed by atoms with Crippen LogP contribution in [0, 0.1) is 27.7 Å². The van der Waals surface area contributed by atoms with Crippen molar-refractivity contribution in [3.05, 3.63) is 70.9 Å². The van der Waals surface area contributed by atoms with Crippen LogP contribution in [-0.2, 0) is 0 Å². The highest BCUT2D eigenvalue weighted by Gasteiger charge is 2.06. The molecule has 1 heterocycles. The second-order valence-corrected chi connectivity index (χ2v) is 5.86. The summed E-state index contributed by atoms with van der Waals surface area (Å²) in [6.45, 7) is 8.49.